The number of hydrogen-bond donors (Lipinski definition) is 0. The number of piperazine rings is 1. The van der Waals surface area contributed by atoms with E-state index in [0.29, 0.717) is 29.2 Å². The normalized spacial score (nSPS) is 21.0. The maximum Gasteiger partial charge on any atom is 0.246 e. The average Bonchev–Trinajstić information content (AvgIpc) is 3.23. The van der Waals surface area contributed by atoms with Crippen LogP contribution in [0.2, 0.25) is 5.02 Å². The van der Waals surface area contributed by atoms with Gasteiger partial charge >= 0.3 is 0 Å². The number of carbonyl (C=O) groups is 1. The van der Waals surface area contributed by atoms with Crippen LogP contribution in [0.25, 0.3) is 6.08 Å². The van der Waals surface area contributed by atoms with Crippen molar-refractivity contribution in [2.24, 2.45) is 0 Å². The van der Waals surface area contributed by atoms with Crippen molar-refractivity contribution in [2.45, 2.75) is 19.4 Å². The minimum atomic E-state index is 0.0411. The molecule has 0 aliphatic carbocycles. The molecule has 2 aliphatic rings. The Kier molecular flexibility index (Phi) is 7.33. The van der Waals surface area contributed by atoms with Crippen LogP contribution < -0.4 is 9.47 Å². The van der Waals surface area contributed by atoms with Crippen LogP contribution in [0.5, 0.6) is 11.5 Å². The largest absolute Gasteiger partial charge is 0.493 e. The first-order valence-electron chi connectivity index (χ1n) is 9.41. The minimum Gasteiger partial charge on any atom is -0.493 e. The zero-order valence-electron chi connectivity index (χ0n) is 15.9. The van der Waals surface area contributed by atoms with Gasteiger partial charge in [0.1, 0.15) is 0 Å². The van der Waals surface area contributed by atoms with Gasteiger partial charge in [-0.3, -0.25) is 9.69 Å². The molecule has 0 N–H and O–H groups in total. The number of benzene rings is 1. The van der Waals surface area contributed by atoms with Crippen molar-refractivity contribution in [1.29, 1.82) is 0 Å². The predicted octanol–water partition coefficient (Wildman–Crippen LogP) is 3.41. The molecule has 1 unspecified atom stereocenters. The van der Waals surface area contributed by atoms with Crippen LogP contribution >= 0.6 is 23.4 Å². The van der Waals surface area contributed by atoms with E-state index >= 15 is 0 Å². The van der Waals surface area contributed by atoms with E-state index in [1.54, 1.807) is 25.3 Å². The molecule has 2 saturated heterocycles. The summed E-state index contributed by atoms with van der Waals surface area (Å²) in [5.74, 6) is 3.64. The third-order valence-electron chi connectivity index (χ3n) is 5.01. The fourth-order valence-electron chi connectivity index (χ4n) is 3.51. The molecule has 0 radical (unpaired) electrons. The van der Waals surface area contributed by atoms with Gasteiger partial charge in [0.05, 0.1) is 18.7 Å². The molecule has 0 saturated carbocycles. The topological polar surface area (TPSA) is 42.0 Å². The van der Waals surface area contributed by atoms with Gasteiger partial charge in [-0.2, -0.15) is 11.8 Å². The molecule has 0 aromatic heterocycles. The van der Waals surface area contributed by atoms with E-state index < -0.39 is 0 Å². The van der Waals surface area contributed by atoms with E-state index in [9.17, 15) is 4.79 Å². The quantitative estimate of drug-likeness (QED) is 0.672. The second-order valence-electron chi connectivity index (χ2n) is 6.68. The summed E-state index contributed by atoms with van der Waals surface area (Å²) in [7, 11) is 1.58. The van der Waals surface area contributed by atoms with Crippen LogP contribution in [-0.2, 0) is 4.79 Å². The number of hydrogen-bond acceptors (Lipinski definition) is 5. The highest BCUT2D eigenvalue weighted by Gasteiger charge is 2.27. The van der Waals surface area contributed by atoms with Gasteiger partial charge in [-0.1, -0.05) is 11.6 Å². The van der Waals surface area contributed by atoms with Crippen LogP contribution in [-0.4, -0.2) is 73.2 Å². The van der Waals surface area contributed by atoms with Crippen molar-refractivity contribution >= 4 is 35.3 Å². The Morgan fingerprint density at radius 3 is 2.74 bits per heavy atom. The fourth-order valence-corrected chi connectivity index (χ4v) is 5.04. The molecular formula is C20H27ClN2O3S. The number of nitrogens with zero attached hydrogens (tertiary/aromatic N) is 2. The summed E-state index contributed by atoms with van der Waals surface area (Å²) >= 11 is 8.33. The van der Waals surface area contributed by atoms with Gasteiger partial charge in [-0.25, -0.2) is 0 Å². The molecule has 2 fully saturated rings. The molecule has 3 rings (SSSR count). The summed E-state index contributed by atoms with van der Waals surface area (Å²) in [5, 5.41) is 0.478. The summed E-state index contributed by atoms with van der Waals surface area (Å²) in [4.78, 5) is 17.0. The highest BCUT2D eigenvalue weighted by molar-refractivity contribution is 7.99. The molecule has 2 aliphatic heterocycles. The molecule has 1 aromatic carbocycles. The lowest BCUT2D eigenvalue weighted by molar-refractivity contribution is -0.127. The predicted molar refractivity (Wildman–Crippen MR) is 112 cm³/mol. The number of rotatable bonds is 6. The Balaban J connectivity index is 1.59. The number of thioether (sulfide) groups is 1. The van der Waals surface area contributed by atoms with E-state index in [1.165, 1.54) is 17.9 Å². The maximum atomic E-state index is 12.5. The van der Waals surface area contributed by atoms with Crippen molar-refractivity contribution in [1.82, 2.24) is 9.80 Å². The SMILES string of the molecule is CCOc1c(Cl)cc(C=CC(=O)N2CCN(C3CCSC3)CC2)cc1OC. The van der Waals surface area contributed by atoms with Gasteiger partial charge < -0.3 is 14.4 Å². The first-order valence-corrected chi connectivity index (χ1v) is 10.9. The van der Waals surface area contributed by atoms with E-state index in [-0.39, 0.29) is 5.91 Å². The van der Waals surface area contributed by atoms with Gasteiger partial charge in [-0.05, 0) is 42.9 Å². The van der Waals surface area contributed by atoms with Gasteiger partial charge in [-0.15, -0.1) is 0 Å². The lowest BCUT2D eigenvalue weighted by Gasteiger charge is -2.37. The number of ether oxygens (including phenoxy) is 2. The van der Waals surface area contributed by atoms with Crippen molar-refractivity contribution in [3.05, 3.63) is 28.8 Å². The first-order chi connectivity index (χ1) is 13.1. The minimum absolute atomic E-state index is 0.0411. The van der Waals surface area contributed by atoms with Crippen molar-refractivity contribution in [3.8, 4) is 11.5 Å². The van der Waals surface area contributed by atoms with Gasteiger partial charge in [0.15, 0.2) is 11.5 Å². The first kappa shape index (κ1) is 20.4. The smallest absolute Gasteiger partial charge is 0.246 e. The number of methoxy groups -OCH3 is 1. The molecule has 0 spiro atoms. The van der Waals surface area contributed by atoms with E-state index in [0.717, 1.165) is 31.7 Å². The Morgan fingerprint density at radius 2 is 2.11 bits per heavy atom. The molecule has 5 nitrogen and oxygen atoms in total. The average molecular weight is 411 g/mol. The zero-order valence-corrected chi connectivity index (χ0v) is 17.5. The molecule has 1 atom stereocenters. The van der Waals surface area contributed by atoms with E-state index in [2.05, 4.69) is 4.90 Å². The van der Waals surface area contributed by atoms with Gasteiger partial charge in [0.25, 0.3) is 0 Å². The molecule has 2 heterocycles. The van der Waals surface area contributed by atoms with Crippen LogP contribution in [0, 0.1) is 0 Å². The second-order valence-corrected chi connectivity index (χ2v) is 8.24. The van der Waals surface area contributed by atoms with Crippen molar-refractivity contribution in [3.63, 3.8) is 0 Å². The summed E-state index contributed by atoms with van der Waals surface area (Å²) in [6.07, 6.45) is 4.68. The summed E-state index contributed by atoms with van der Waals surface area (Å²) < 4.78 is 10.9. The standard InChI is InChI=1S/C20H27ClN2O3S/c1-3-26-20-17(21)12-15(13-18(20)25-2)4-5-19(24)23-9-7-22(8-10-23)16-6-11-27-14-16/h4-5,12-13,16H,3,6-11,14H2,1-2H3. The Hall–Kier alpha value is -1.37. The molecule has 1 aromatic rings. The van der Waals surface area contributed by atoms with Crippen molar-refractivity contribution in [2.75, 3.05) is 51.4 Å². The lowest BCUT2D eigenvalue weighted by Crippen LogP contribution is -2.51. The number of amides is 1. The van der Waals surface area contributed by atoms with E-state index in [1.807, 2.05) is 29.7 Å². The lowest BCUT2D eigenvalue weighted by atomic mass is 10.1. The number of halogens is 1. The Labute approximate surface area is 170 Å². The highest BCUT2D eigenvalue weighted by atomic mass is 35.5. The van der Waals surface area contributed by atoms with Crippen LogP contribution in [0.15, 0.2) is 18.2 Å². The summed E-state index contributed by atoms with van der Waals surface area (Å²) in [6.45, 7) is 5.92. The van der Waals surface area contributed by atoms with Gasteiger partial charge in [0, 0.05) is 44.0 Å². The summed E-state index contributed by atoms with van der Waals surface area (Å²) in [5.41, 5.74) is 0.815. The number of carbonyl (C=O) groups excluding carboxylic acids is 1. The van der Waals surface area contributed by atoms with Crippen molar-refractivity contribution < 1.29 is 14.3 Å². The third kappa shape index (κ3) is 5.12. The molecule has 0 bridgehead atoms. The Bertz CT molecular complexity index is 684. The third-order valence-corrected chi connectivity index (χ3v) is 6.43. The molecule has 27 heavy (non-hydrogen) atoms. The highest BCUT2D eigenvalue weighted by Crippen LogP contribution is 2.36. The van der Waals surface area contributed by atoms with Gasteiger partial charge in [0.2, 0.25) is 5.91 Å². The molecular weight excluding hydrogens is 384 g/mol. The van der Waals surface area contributed by atoms with Crippen LogP contribution in [0.3, 0.4) is 0 Å². The Morgan fingerprint density at radius 1 is 1.33 bits per heavy atom. The molecule has 1 amide bonds. The molecule has 148 valence electrons. The van der Waals surface area contributed by atoms with Crippen LogP contribution in [0.4, 0.5) is 0 Å². The van der Waals surface area contributed by atoms with E-state index in [4.69, 9.17) is 21.1 Å². The monoisotopic (exact) mass is 410 g/mol. The molecule has 7 heteroatoms. The zero-order chi connectivity index (χ0) is 19.2. The summed E-state index contributed by atoms with van der Waals surface area (Å²) in [6, 6.07) is 4.31. The fraction of sp³-hybridized carbons (Fsp3) is 0.550. The van der Waals surface area contributed by atoms with Crippen LogP contribution in [0.1, 0.15) is 18.9 Å². The maximum absolute atomic E-state index is 12.5. The second kappa shape index (κ2) is 9.71.